The van der Waals surface area contributed by atoms with Crippen LogP contribution in [0, 0.1) is 5.82 Å². The third-order valence-corrected chi connectivity index (χ3v) is 10.6. The number of likely N-dealkylation sites (N-methyl/N-ethyl adjacent to an activating group) is 1. The first-order valence-electron chi connectivity index (χ1n) is 16.8. The molecule has 254 valence electrons. The zero-order valence-electron chi connectivity index (χ0n) is 28.2. The lowest BCUT2D eigenvalue weighted by molar-refractivity contribution is 0.0132. The van der Waals surface area contributed by atoms with E-state index in [9.17, 15) is 9.59 Å². The fourth-order valence-electron chi connectivity index (χ4n) is 8.05. The van der Waals surface area contributed by atoms with E-state index in [4.69, 9.17) is 31.0 Å². The Morgan fingerprint density at radius 1 is 1.12 bits per heavy atom. The summed E-state index contributed by atoms with van der Waals surface area (Å²) in [6.45, 7) is 9.29. The maximum atomic E-state index is 17.0. The quantitative estimate of drug-likeness (QED) is 0.221. The van der Waals surface area contributed by atoms with Crippen LogP contribution < -0.4 is 14.5 Å². The molecule has 0 radical (unpaired) electrons. The highest BCUT2D eigenvalue weighted by Gasteiger charge is 2.50. The molecule has 2 aromatic carbocycles. The van der Waals surface area contributed by atoms with E-state index in [1.807, 2.05) is 62.9 Å². The highest BCUT2D eigenvalue weighted by molar-refractivity contribution is 6.36. The van der Waals surface area contributed by atoms with Gasteiger partial charge in [-0.05, 0) is 65.6 Å². The molecule has 0 bridgehead atoms. The van der Waals surface area contributed by atoms with Crippen molar-refractivity contribution < 1.29 is 23.5 Å². The van der Waals surface area contributed by atoms with Crippen LogP contribution in [0.5, 0.6) is 5.88 Å². The summed E-state index contributed by atoms with van der Waals surface area (Å²) in [6, 6.07) is 10.4. The second kappa shape index (κ2) is 11.6. The fraction of sp³-hybridized carbons (Fsp3) is 0.432. The molecule has 0 unspecified atom stereocenters. The summed E-state index contributed by atoms with van der Waals surface area (Å²) >= 11 is 6.65. The van der Waals surface area contributed by atoms with Crippen LogP contribution in [0.2, 0.25) is 5.02 Å². The summed E-state index contributed by atoms with van der Waals surface area (Å²) < 4.78 is 29.5. The highest BCUT2D eigenvalue weighted by Crippen LogP contribution is 2.53. The number of amides is 1. The molecule has 0 saturated carbocycles. The number of halogens is 2. The van der Waals surface area contributed by atoms with Crippen molar-refractivity contribution in [2.24, 2.45) is 0 Å². The zero-order chi connectivity index (χ0) is 34.4. The minimum absolute atomic E-state index is 0.0836. The van der Waals surface area contributed by atoms with Crippen molar-refractivity contribution in [2.75, 3.05) is 43.0 Å². The van der Waals surface area contributed by atoms with E-state index in [-0.39, 0.29) is 41.8 Å². The third kappa shape index (κ3) is 5.09. The molecular formula is C37H38ClFN6O4. The number of fused-ring (bicyclic) bond motifs is 5. The molecule has 0 N–H and O–H groups in total. The smallest absolute Gasteiger partial charge is 0.410 e. The molecule has 2 aromatic heterocycles. The van der Waals surface area contributed by atoms with Gasteiger partial charge >= 0.3 is 6.09 Å². The lowest BCUT2D eigenvalue weighted by Crippen LogP contribution is -2.65. The number of piperazine rings is 1. The topological polar surface area (TPSA) is 91.3 Å². The summed E-state index contributed by atoms with van der Waals surface area (Å²) in [7, 11) is 2.07. The summed E-state index contributed by atoms with van der Waals surface area (Å²) in [5, 5.41) is 2.56. The summed E-state index contributed by atoms with van der Waals surface area (Å²) in [5.41, 5.74) is 1.78. The normalized spacial score (nSPS) is 23.7. The number of hydrogen-bond donors (Lipinski definition) is 0. The van der Waals surface area contributed by atoms with Gasteiger partial charge in [0.2, 0.25) is 5.88 Å². The summed E-state index contributed by atoms with van der Waals surface area (Å²) in [4.78, 5) is 43.9. The van der Waals surface area contributed by atoms with Crippen molar-refractivity contribution in [3.05, 3.63) is 59.1 Å². The number of aromatic nitrogens is 2. The van der Waals surface area contributed by atoms with Gasteiger partial charge in [-0.25, -0.2) is 19.0 Å². The Balaban J connectivity index is 1.33. The number of ether oxygens (including phenoxy) is 2. The first-order chi connectivity index (χ1) is 23.4. The summed E-state index contributed by atoms with van der Waals surface area (Å²) in [6.07, 6.45) is 2.82. The van der Waals surface area contributed by atoms with E-state index in [0.717, 1.165) is 24.8 Å². The Morgan fingerprint density at radius 2 is 1.90 bits per heavy atom. The van der Waals surface area contributed by atoms with E-state index < -0.39 is 23.6 Å². The molecule has 0 spiro atoms. The van der Waals surface area contributed by atoms with Crippen molar-refractivity contribution in [2.45, 2.75) is 70.4 Å². The lowest BCUT2D eigenvalue weighted by Gasteiger charge is -2.53. The second-order valence-electron chi connectivity index (χ2n) is 14.5. The number of hydrogen-bond acceptors (Lipinski definition) is 9. The fourth-order valence-corrected chi connectivity index (χ4v) is 8.33. The number of rotatable bonds is 2. The number of nitrogens with zero attached hydrogens (tertiary/aromatic N) is 6. The molecule has 1 amide bonds. The number of carbonyl (C=O) groups is 1. The number of benzene rings is 2. The maximum Gasteiger partial charge on any atom is 0.410 e. The van der Waals surface area contributed by atoms with Crippen molar-refractivity contribution in [3.63, 3.8) is 0 Å². The van der Waals surface area contributed by atoms with Gasteiger partial charge in [0.05, 0.1) is 24.8 Å². The standard InChI is InChI=1S/C37H38ClFN6O4/c1-20-16-44-26(17-43(20)36(47)49-37(2,3)4)27(19-46)45-18-28(25-13-8-14-42(25)5)48-35-34(45)33(44)23-15-40-31(30(39)32(23)41-35)22-11-6-9-21-10-7-12-24(38)29(21)22/h6-7,9-12,15,20,25-26,28H,8,13-14,16-18H2,1-5H3/t20-,25+,26-,28-/m1/s1. The first-order valence-corrected chi connectivity index (χ1v) is 17.2. The largest absolute Gasteiger partial charge is 0.469 e. The lowest BCUT2D eigenvalue weighted by atomic mass is 9.94. The van der Waals surface area contributed by atoms with Gasteiger partial charge in [-0.1, -0.05) is 41.9 Å². The van der Waals surface area contributed by atoms with E-state index in [0.29, 0.717) is 51.5 Å². The SMILES string of the molecule is C[C@@H]1CN2c3c4c(nc5c(F)c(-c6cccc7cccc(Cl)c67)ncc35)O[C@@H]([C@@H]3CCCN3C)CN4C(=C=O)[C@H]2CN1C(=O)OC(C)(C)C. The molecule has 49 heavy (non-hydrogen) atoms. The number of carbonyl (C=O) groups excluding carboxylic acids is 2. The van der Waals surface area contributed by atoms with Crippen LogP contribution in [0.25, 0.3) is 32.9 Å². The zero-order valence-corrected chi connectivity index (χ0v) is 28.9. The molecule has 2 saturated heterocycles. The van der Waals surface area contributed by atoms with Gasteiger partial charge in [-0.15, -0.1) is 0 Å². The van der Waals surface area contributed by atoms with Gasteiger partial charge in [0.15, 0.2) is 5.82 Å². The maximum absolute atomic E-state index is 17.0. The van der Waals surface area contributed by atoms with Gasteiger partial charge in [0.1, 0.15) is 40.2 Å². The van der Waals surface area contributed by atoms with Crippen LogP contribution in [0.15, 0.2) is 48.3 Å². The van der Waals surface area contributed by atoms with Gasteiger partial charge in [-0.2, -0.15) is 0 Å². The van der Waals surface area contributed by atoms with E-state index in [2.05, 4.69) is 22.8 Å². The average molecular weight is 685 g/mol. The molecule has 0 aliphatic carbocycles. The Hall–Kier alpha value is -4.44. The summed E-state index contributed by atoms with van der Waals surface area (Å²) in [5.74, 6) is 1.91. The van der Waals surface area contributed by atoms with Crippen molar-refractivity contribution in [3.8, 4) is 17.1 Å². The Morgan fingerprint density at radius 3 is 2.61 bits per heavy atom. The van der Waals surface area contributed by atoms with Crippen LogP contribution in [-0.2, 0) is 9.53 Å². The molecule has 10 nitrogen and oxygen atoms in total. The van der Waals surface area contributed by atoms with Gasteiger partial charge < -0.3 is 24.2 Å². The van der Waals surface area contributed by atoms with Crippen LogP contribution in [0.4, 0.5) is 20.6 Å². The number of pyridine rings is 2. The first kappa shape index (κ1) is 31.8. The highest BCUT2D eigenvalue weighted by atomic mass is 35.5. The van der Waals surface area contributed by atoms with E-state index in [1.165, 1.54) is 0 Å². The molecule has 4 aliphatic rings. The van der Waals surface area contributed by atoms with Crippen LogP contribution in [0.3, 0.4) is 0 Å². The Bertz CT molecular complexity index is 2070. The molecule has 4 atom stereocenters. The van der Waals surface area contributed by atoms with E-state index >= 15 is 4.39 Å². The minimum Gasteiger partial charge on any atom is -0.469 e. The predicted molar refractivity (Wildman–Crippen MR) is 188 cm³/mol. The van der Waals surface area contributed by atoms with Crippen LogP contribution >= 0.6 is 11.6 Å². The van der Waals surface area contributed by atoms with Crippen molar-refractivity contribution in [1.29, 1.82) is 0 Å². The molecular weight excluding hydrogens is 647 g/mol. The third-order valence-electron chi connectivity index (χ3n) is 10.3. The van der Waals surface area contributed by atoms with Crippen molar-refractivity contribution >= 4 is 56.7 Å². The molecule has 4 aliphatic heterocycles. The minimum atomic E-state index is -0.687. The number of anilines is 2. The molecule has 8 rings (SSSR count). The van der Waals surface area contributed by atoms with E-state index in [1.54, 1.807) is 17.2 Å². The Kier molecular flexibility index (Phi) is 7.51. The molecule has 12 heteroatoms. The second-order valence-corrected chi connectivity index (χ2v) is 14.9. The molecule has 6 heterocycles. The van der Waals surface area contributed by atoms with Gasteiger partial charge in [0, 0.05) is 46.2 Å². The monoisotopic (exact) mass is 684 g/mol. The average Bonchev–Trinajstić information content (AvgIpc) is 3.49. The molecule has 4 aromatic rings. The molecule has 2 fully saturated rings. The van der Waals surface area contributed by atoms with Crippen molar-refractivity contribution in [1.82, 2.24) is 19.8 Å². The Labute approximate surface area is 289 Å². The predicted octanol–water partition coefficient (Wildman–Crippen LogP) is 6.45. The van der Waals surface area contributed by atoms with Crippen LogP contribution in [-0.4, -0.2) is 94.9 Å². The van der Waals surface area contributed by atoms with Gasteiger partial charge in [0.25, 0.3) is 0 Å². The van der Waals surface area contributed by atoms with Crippen LogP contribution in [0.1, 0.15) is 40.5 Å². The number of likely N-dealkylation sites (tertiary alicyclic amines) is 1. The van der Waals surface area contributed by atoms with Gasteiger partial charge in [-0.3, -0.25) is 9.88 Å².